The molecule has 0 rings (SSSR count). The van der Waals surface area contributed by atoms with Gasteiger partial charge in [0.05, 0.1) is 0 Å². The van der Waals surface area contributed by atoms with Crippen molar-refractivity contribution in [2.45, 2.75) is 6.29 Å². The Morgan fingerprint density at radius 1 is 1.00 bits per heavy atom. The Hall–Kier alpha value is 4.26. The van der Waals surface area contributed by atoms with E-state index in [0.29, 0.717) is 0 Å². The van der Waals surface area contributed by atoms with E-state index < -0.39 is 29.4 Å². The Bertz CT molecular complexity index is 169. The normalized spacial score (nSPS) is 14.1. The van der Waals surface area contributed by atoms with Crippen molar-refractivity contribution >= 4 is 135 Å². The van der Waals surface area contributed by atoms with E-state index in [0.717, 1.165) is 0 Å². The average molecular weight is 302 g/mol. The first-order valence-corrected chi connectivity index (χ1v) is 4.98. The third kappa shape index (κ3) is 27.5. The molecule has 0 saturated heterocycles. The van der Waals surface area contributed by atoms with E-state index in [1.165, 1.54) is 0 Å². The number of aliphatic hydroxyl groups excluding tert-OH is 1. The quantitative estimate of drug-likeness (QED) is 0.274. The Morgan fingerprint density at radius 2 is 1.40 bits per heavy atom. The zero-order chi connectivity index (χ0) is 8.85. The monoisotopic (exact) mass is 302 g/mol. The molecule has 0 saturated carbocycles. The molecule has 0 spiro atoms. The van der Waals surface area contributed by atoms with E-state index in [9.17, 15) is 9.13 Å². The van der Waals surface area contributed by atoms with Crippen molar-refractivity contribution in [1.82, 2.24) is 0 Å². The van der Waals surface area contributed by atoms with Gasteiger partial charge in [-0.1, -0.05) is 0 Å². The Morgan fingerprint density at radius 3 is 1.67 bits per heavy atom. The summed E-state index contributed by atoms with van der Waals surface area (Å²) >= 11 is 0. The molecular formula is C2H12Na4O7P2. The van der Waals surface area contributed by atoms with Crippen LogP contribution in [0.2, 0.25) is 0 Å². The Balaban J connectivity index is -0.0000000833. The van der Waals surface area contributed by atoms with Crippen LogP contribution in [-0.4, -0.2) is 146 Å². The van der Waals surface area contributed by atoms with E-state index in [2.05, 4.69) is 9.05 Å². The fraction of sp³-hybridized carbons (Fsp3) is 1.00. The van der Waals surface area contributed by atoms with Gasteiger partial charge in [0.15, 0.2) is 6.29 Å². The number of aliphatic hydroxyl groups is 1. The summed E-state index contributed by atoms with van der Waals surface area (Å²) in [5.74, 6) is 0. The van der Waals surface area contributed by atoms with Gasteiger partial charge in [-0.3, -0.25) is 13.7 Å². The van der Waals surface area contributed by atoms with Crippen molar-refractivity contribution in [3.8, 4) is 0 Å². The minimum absolute atomic E-state index is 0. The third-order valence-corrected chi connectivity index (χ3v) is 1.47. The van der Waals surface area contributed by atoms with Gasteiger partial charge < -0.3 is 19.4 Å². The molecular weight excluding hydrogens is 290 g/mol. The molecule has 0 bridgehead atoms. The first-order chi connectivity index (χ1) is 5.02. The second kappa shape index (κ2) is 20.6. The SMILES string of the molecule is O=[PH](O)OCC(O)O[PH](=O)O.[NaH].[NaH].[NaH].[NaH]. The molecule has 3 atom stereocenters. The zero-order valence-corrected chi connectivity index (χ0v) is 7.26. The maximum absolute atomic E-state index is 9.87. The van der Waals surface area contributed by atoms with Crippen molar-refractivity contribution in [3.05, 3.63) is 0 Å². The van der Waals surface area contributed by atoms with Gasteiger partial charge in [-0.2, -0.15) is 0 Å². The van der Waals surface area contributed by atoms with Gasteiger partial charge in [-0.15, -0.1) is 0 Å². The van der Waals surface area contributed by atoms with Crippen molar-refractivity contribution in [2.24, 2.45) is 0 Å². The molecule has 0 aromatic rings. The number of rotatable bonds is 5. The van der Waals surface area contributed by atoms with Crippen molar-refractivity contribution in [2.75, 3.05) is 6.61 Å². The topological polar surface area (TPSA) is 113 Å². The summed E-state index contributed by atoms with van der Waals surface area (Å²) in [6.07, 6.45) is -1.65. The first kappa shape index (κ1) is 31.6. The Labute approximate surface area is 177 Å². The standard InChI is InChI=1S/C2H8O7P2.4Na.4H/c3-2(9-11(6)7)1-8-10(4)5;;;;;;;;/h2-3,10-11H,1H2,(H,4,5)(H,6,7);;;;;;;;. The second-order valence-corrected chi connectivity index (χ2v) is 3.00. The van der Waals surface area contributed by atoms with Crippen LogP contribution in [0.1, 0.15) is 0 Å². The summed E-state index contributed by atoms with van der Waals surface area (Å²) in [6.45, 7) is -0.606. The van der Waals surface area contributed by atoms with E-state index in [1.54, 1.807) is 0 Å². The van der Waals surface area contributed by atoms with Crippen LogP contribution in [-0.2, 0) is 18.2 Å². The van der Waals surface area contributed by atoms with Crippen LogP contribution in [0.4, 0.5) is 0 Å². The molecule has 0 aromatic carbocycles. The molecule has 0 aliphatic heterocycles. The fourth-order valence-corrected chi connectivity index (χ4v) is 0.879. The summed E-state index contributed by atoms with van der Waals surface area (Å²) in [7, 11) is -6.36. The van der Waals surface area contributed by atoms with Crippen LogP contribution >= 0.6 is 16.5 Å². The molecule has 0 radical (unpaired) electrons. The molecule has 0 aliphatic carbocycles. The molecule has 13 heteroatoms. The van der Waals surface area contributed by atoms with Crippen molar-refractivity contribution in [3.63, 3.8) is 0 Å². The summed E-state index contributed by atoms with van der Waals surface area (Å²) in [6, 6.07) is 0. The molecule has 76 valence electrons. The van der Waals surface area contributed by atoms with Gasteiger partial charge in [-0.05, 0) is 0 Å². The predicted molar refractivity (Wildman–Crippen MR) is 64.1 cm³/mol. The molecule has 0 aromatic heterocycles. The van der Waals surface area contributed by atoms with Gasteiger partial charge in [0.2, 0.25) is 0 Å². The molecule has 0 amide bonds. The Kier molecular flexibility index (Phi) is 43.3. The van der Waals surface area contributed by atoms with Gasteiger partial charge in [0.25, 0.3) is 0 Å². The van der Waals surface area contributed by atoms with E-state index in [-0.39, 0.29) is 118 Å². The molecule has 0 fully saturated rings. The summed E-state index contributed by atoms with van der Waals surface area (Å²) in [5, 5.41) is 8.55. The number of hydrogen-bond acceptors (Lipinski definition) is 5. The van der Waals surface area contributed by atoms with E-state index in [1.807, 2.05) is 0 Å². The van der Waals surface area contributed by atoms with Crippen LogP contribution in [0.5, 0.6) is 0 Å². The molecule has 7 nitrogen and oxygen atoms in total. The molecule has 0 heterocycles. The minimum atomic E-state index is -3.23. The van der Waals surface area contributed by atoms with Crippen LogP contribution in [0.25, 0.3) is 0 Å². The van der Waals surface area contributed by atoms with Crippen LogP contribution in [0, 0.1) is 0 Å². The van der Waals surface area contributed by atoms with Crippen molar-refractivity contribution < 1.29 is 33.1 Å². The average Bonchev–Trinajstić information content (AvgIpc) is 1.82. The molecule has 3 N–H and O–H groups in total. The molecule has 3 unspecified atom stereocenters. The zero-order valence-electron chi connectivity index (χ0n) is 5.26. The van der Waals surface area contributed by atoms with Gasteiger partial charge in [-0.25, -0.2) is 0 Å². The molecule has 0 aliphatic rings. The summed E-state index contributed by atoms with van der Waals surface area (Å²) in [4.78, 5) is 16.1. The van der Waals surface area contributed by atoms with E-state index in [4.69, 9.17) is 14.9 Å². The first-order valence-electron chi connectivity index (χ1n) is 2.45. The van der Waals surface area contributed by atoms with Crippen molar-refractivity contribution in [1.29, 1.82) is 0 Å². The van der Waals surface area contributed by atoms with Crippen LogP contribution in [0.3, 0.4) is 0 Å². The van der Waals surface area contributed by atoms with Gasteiger partial charge in [0.1, 0.15) is 6.61 Å². The molecule has 15 heavy (non-hydrogen) atoms. The number of hydrogen-bond donors (Lipinski definition) is 3. The maximum atomic E-state index is 9.87. The van der Waals surface area contributed by atoms with Crippen LogP contribution < -0.4 is 0 Å². The summed E-state index contributed by atoms with van der Waals surface area (Å²) in [5.41, 5.74) is 0. The fourth-order valence-electron chi connectivity index (χ4n) is 0.293. The predicted octanol–water partition coefficient (Wildman–Crippen LogP) is -3.49. The van der Waals surface area contributed by atoms with E-state index >= 15 is 0 Å². The second-order valence-electron chi connectivity index (χ2n) is 1.42. The van der Waals surface area contributed by atoms with Crippen LogP contribution in [0.15, 0.2) is 0 Å². The summed E-state index contributed by atoms with van der Waals surface area (Å²) < 4.78 is 27.6. The van der Waals surface area contributed by atoms with Gasteiger partial charge >= 0.3 is 135 Å². The third-order valence-electron chi connectivity index (χ3n) is 0.586. The van der Waals surface area contributed by atoms with Gasteiger partial charge in [0, 0.05) is 0 Å².